The van der Waals surface area contributed by atoms with Gasteiger partial charge in [-0.25, -0.2) is 23.5 Å². The number of aliphatic hydroxyl groups is 1. The van der Waals surface area contributed by atoms with Gasteiger partial charge in [0, 0.05) is 54.6 Å². The largest absolute Gasteiger partial charge is 0.445 e. The zero-order valence-corrected chi connectivity index (χ0v) is 36.1. The number of alkyl halides is 2. The number of para-hydroxylation sites is 1. The lowest BCUT2D eigenvalue weighted by Gasteiger charge is -2.42. The van der Waals surface area contributed by atoms with Crippen LogP contribution in [-0.2, 0) is 25.7 Å². The van der Waals surface area contributed by atoms with Crippen molar-refractivity contribution < 1.29 is 42.6 Å². The quantitative estimate of drug-likeness (QED) is 0.0826. The van der Waals surface area contributed by atoms with Crippen molar-refractivity contribution in [3.05, 3.63) is 125 Å². The minimum Gasteiger partial charge on any atom is -0.445 e. The number of aromatic nitrogens is 4. The van der Waals surface area contributed by atoms with Crippen molar-refractivity contribution in [2.45, 2.75) is 55.8 Å². The van der Waals surface area contributed by atoms with Crippen LogP contribution in [0, 0.1) is 0 Å². The minimum absolute atomic E-state index is 0.179. The molecule has 8 rings (SSSR count). The van der Waals surface area contributed by atoms with Gasteiger partial charge in [0.05, 0.1) is 35.6 Å². The molecule has 2 aliphatic heterocycles. The van der Waals surface area contributed by atoms with Crippen LogP contribution in [0.3, 0.4) is 0 Å². The van der Waals surface area contributed by atoms with E-state index in [2.05, 4.69) is 41.2 Å². The minimum atomic E-state index is -3.34. The smallest absolute Gasteiger partial charge is 0.408 e. The molecule has 20 heteroatoms. The molecule has 2 aliphatic rings. The topological polar surface area (TPSA) is 224 Å². The summed E-state index contributed by atoms with van der Waals surface area (Å²) in [7, 11) is 0. The molecule has 3 aromatic heterocycles. The normalized spacial score (nSPS) is 16.9. The number of rotatable bonds is 14. The van der Waals surface area contributed by atoms with Crippen molar-refractivity contribution in [2.24, 2.45) is 0 Å². The number of likely N-dealkylation sites (tertiary alicyclic amines) is 1. The van der Waals surface area contributed by atoms with E-state index in [-0.39, 0.29) is 43.7 Å². The number of nitrogens with zero attached hydrogens (tertiary/aromatic N) is 5. The number of nitrogens with one attached hydrogen (secondary N) is 5. The first kappa shape index (κ1) is 45.3. The highest BCUT2D eigenvalue weighted by Crippen LogP contribution is 2.34. The summed E-state index contributed by atoms with van der Waals surface area (Å²) < 4.78 is 35.0. The van der Waals surface area contributed by atoms with Gasteiger partial charge in [-0.15, -0.1) is 0 Å². The molecule has 0 aliphatic carbocycles. The molecule has 6 aromatic rings. The predicted octanol–water partition coefficient (Wildman–Crippen LogP) is 5.27. The number of pyridine rings is 1. The highest BCUT2D eigenvalue weighted by Gasteiger charge is 2.50. The van der Waals surface area contributed by atoms with E-state index in [0.717, 1.165) is 15.8 Å². The van der Waals surface area contributed by atoms with Gasteiger partial charge in [0.25, 0.3) is 11.8 Å². The summed E-state index contributed by atoms with van der Waals surface area (Å²) in [6.45, 7) is -1.37. The Bertz CT molecular complexity index is 2750. The SMILES string of the molecule is O=C(NC1(C(=O)N[C@@H](CCO)c2ccc(Cl)cc2)CCN(c2ncnc3[nH]ccc23)CC1)OCc1ccc(NC(=O)[C@@H]2CC(F)(F)CN2C(=O)CNC(=O)c2ccnc3ccccc23)cc1. The molecule has 5 amide bonds. The molecule has 2 saturated heterocycles. The van der Waals surface area contributed by atoms with E-state index in [1.54, 1.807) is 66.9 Å². The van der Waals surface area contributed by atoms with Gasteiger partial charge in [-0.1, -0.05) is 54.1 Å². The van der Waals surface area contributed by atoms with Gasteiger partial charge < -0.3 is 45.9 Å². The Balaban J connectivity index is 0.887. The predicted molar refractivity (Wildman–Crippen MR) is 240 cm³/mol. The standard InChI is InChI=1S/C46H45ClF2N10O7/c47-30-9-7-29(8-10-30)35(15-22-60)56-43(64)45(16-20-58(21-17-45)40-34-14-19-51-39(34)53-27-54-40)57-44(65)66-25-28-5-11-31(12-6-28)55-42(63)37-23-46(48,49)26-59(37)38(61)24-52-41(62)33-13-18-50-36-4-2-1-3-32(33)36/h1-14,18-19,27,35,37,60H,15-17,20-26H2,(H,52,62)(H,55,63)(H,56,64)(H,57,65)(H,51,53,54)/t35-,37-/m0/s1. The van der Waals surface area contributed by atoms with Crippen LogP contribution >= 0.6 is 11.6 Å². The second-order valence-electron chi connectivity index (χ2n) is 16.1. The second-order valence-corrected chi connectivity index (χ2v) is 16.6. The Morgan fingerprint density at radius 1 is 0.924 bits per heavy atom. The van der Waals surface area contributed by atoms with E-state index < -0.39 is 72.8 Å². The number of hydrogen-bond acceptors (Lipinski definition) is 11. The molecular weight excluding hydrogens is 878 g/mol. The molecule has 2 fully saturated rings. The number of fused-ring (bicyclic) bond motifs is 2. The lowest BCUT2D eigenvalue weighted by atomic mass is 9.85. The number of carbonyl (C=O) groups excluding carboxylic acids is 5. The third kappa shape index (κ3) is 10.2. The number of halogens is 3. The van der Waals surface area contributed by atoms with Crippen molar-refractivity contribution >= 4 is 74.8 Å². The first-order chi connectivity index (χ1) is 31.8. The van der Waals surface area contributed by atoms with Crippen LogP contribution in [0.2, 0.25) is 5.02 Å². The Morgan fingerprint density at radius 3 is 2.44 bits per heavy atom. The number of H-pyrrole nitrogens is 1. The summed E-state index contributed by atoms with van der Waals surface area (Å²) in [5, 5.41) is 22.7. The maximum absolute atomic E-state index is 14.7. The number of anilines is 2. The number of benzene rings is 3. The van der Waals surface area contributed by atoms with Crippen molar-refractivity contribution in [1.82, 2.24) is 40.8 Å². The second kappa shape index (κ2) is 19.5. The van der Waals surface area contributed by atoms with Crippen LogP contribution in [0.1, 0.15) is 53.2 Å². The van der Waals surface area contributed by atoms with Gasteiger partial charge in [0.1, 0.15) is 36.0 Å². The van der Waals surface area contributed by atoms with E-state index in [4.69, 9.17) is 16.3 Å². The molecule has 0 bridgehead atoms. The lowest BCUT2D eigenvalue weighted by Crippen LogP contribution is -2.63. The Labute approximate surface area is 381 Å². The van der Waals surface area contributed by atoms with E-state index in [9.17, 15) is 37.9 Å². The third-order valence-electron chi connectivity index (χ3n) is 11.8. The average Bonchev–Trinajstić information content (AvgIpc) is 3.95. The van der Waals surface area contributed by atoms with Crippen molar-refractivity contribution in [3.8, 4) is 0 Å². The number of carbonyl (C=O) groups is 5. The average molecular weight is 923 g/mol. The number of hydrogen-bond donors (Lipinski definition) is 6. The highest BCUT2D eigenvalue weighted by molar-refractivity contribution is 6.30. The highest BCUT2D eigenvalue weighted by atomic mass is 35.5. The van der Waals surface area contributed by atoms with Gasteiger partial charge in [0.2, 0.25) is 17.7 Å². The molecule has 2 atom stereocenters. The number of piperidine rings is 1. The molecule has 6 N–H and O–H groups in total. The van der Waals surface area contributed by atoms with Crippen LogP contribution in [0.15, 0.2) is 104 Å². The lowest BCUT2D eigenvalue weighted by molar-refractivity contribution is -0.136. The number of alkyl carbamates (subject to hydrolysis) is 1. The third-order valence-corrected chi connectivity index (χ3v) is 12.1. The van der Waals surface area contributed by atoms with Crippen LogP contribution in [0.5, 0.6) is 0 Å². The molecule has 3 aromatic carbocycles. The molecule has 0 spiro atoms. The Morgan fingerprint density at radius 2 is 1.68 bits per heavy atom. The van der Waals surface area contributed by atoms with Gasteiger partial charge in [-0.05, 0) is 72.9 Å². The summed E-state index contributed by atoms with van der Waals surface area (Å²) in [6, 6.07) is 21.2. The van der Waals surface area contributed by atoms with E-state index >= 15 is 0 Å². The van der Waals surface area contributed by atoms with Crippen molar-refractivity contribution in [2.75, 3.05) is 43.0 Å². The monoisotopic (exact) mass is 922 g/mol. The first-order valence-corrected chi connectivity index (χ1v) is 21.5. The van der Waals surface area contributed by atoms with Crippen molar-refractivity contribution in [3.63, 3.8) is 0 Å². The summed E-state index contributed by atoms with van der Waals surface area (Å²) >= 11 is 6.11. The summed E-state index contributed by atoms with van der Waals surface area (Å²) in [4.78, 5) is 86.2. The Kier molecular flexibility index (Phi) is 13.4. The molecule has 0 saturated carbocycles. The van der Waals surface area contributed by atoms with Crippen LogP contribution in [0.4, 0.5) is 25.1 Å². The summed E-state index contributed by atoms with van der Waals surface area (Å²) in [5.74, 6) is -5.43. The van der Waals surface area contributed by atoms with Crippen LogP contribution in [-0.4, -0.2) is 110 Å². The molecule has 17 nitrogen and oxygen atoms in total. The maximum Gasteiger partial charge on any atom is 0.408 e. The zero-order valence-electron chi connectivity index (χ0n) is 35.3. The Hall–Kier alpha value is -7.25. The molecule has 66 heavy (non-hydrogen) atoms. The van der Waals surface area contributed by atoms with Gasteiger partial charge in [-0.2, -0.15) is 0 Å². The fraction of sp³-hybridized carbons (Fsp3) is 0.304. The maximum atomic E-state index is 14.7. The fourth-order valence-corrected chi connectivity index (χ4v) is 8.44. The molecule has 342 valence electrons. The van der Waals surface area contributed by atoms with Gasteiger partial charge >= 0.3 is 6.09 Å². The van der Waals surface area contributed by atoms with E-state index in [1.165, 1.54) is 30.7 Å². The molecule has 5 heterocycles. The van der Waals surface area contributed by atoms with Crippen molar-refractivity contribution in [1.29, 1.82) is 0 Å². The number of ether oxygens (including phenoxy) is 1. The molecule has 0 radical (unpaired) electrons. The van der Waals surface area contributed by atoms with E-state index in [0.29, 0.717) is 46.0 Å². The molecular formula is C46H45ClF2N10O7. The summed E-state index contributed by atoms with van der Waals surface area (Å²) in [5.41, 5.74) is 1.51. The zero-order chi connectivity index (χ0) is 46.4. The van der Waals surface area contributed by atoms with Gasteiger partial charge in [-0.3, -0.25) is 24.2 Å². The number of aromatic amines is 1. The van der Waals surface area contributed by atoms with Crippen LogP contribution < -0.4 is 26.2 Å². The van der Waals surface area contributed by atoms with E-state index in [1.807, 2.05) is 11.0 Å². The summed E-state index contributed by atoms with van der Waals surface area (Å²) in [6.07, 6.45) is 3.45. The fourth-order valence-electron chi connectivity index (χ4n) is 8.31. The van der Waals surface area contributed by atoms with Crippen LogP contribution in [0.25, 0.3) is 21.9 Å². The van der Waals surface area contributed by atoms with Gasteiger partial charge in [0.15, 0.2) is 0 Å². The molecule has 0 unspecified atom stereocenters. The number of aliphatic hydroxyl groups excluding tert-OH is 1. The number of amides is 5. The first-order valence-electron chi connectivity index (χ1n) is 21.2.